The normalized spacial score (nSPS) is 12.7. The fourth-order valence-corrected chi connectivity index (χ4v) is 1.82. The number of aromatic nitrogens is 1. The van der Waals surface area contributed by atoms with E-state index in [4.69, 9.17) is 4.74 Å². The summed E-state index contributed by atoms with van der Waals surface area (Å²) >= 11 is 0. The number of aliphatic hydroxyl groups is 1. The van der Waals surface area contributed by atoms with E-state index in [1.54, 1.807) is 24.3 Å². The number of ether oxygens (including phenoxy) is 1. The number of halogens is 3. The van der Waals surface area contributed by atoms with Crippen LogP contribution >= 0.6 is 0 Å². The minimum absolute atomic E-state index is 0.0111. The van der Waals surface area contributed by atoms with Gasteiger partial charge in [-0.25, -0.2) is 4.79 Å². The first-order valence-electron chi connectivity index (χ1n) is 6.77. The number of hydrogen-bond acceptors (Lipinski definition) is 4. The highest BCUT2D eigenvalue weighted by atomic mass is 19.4. The van der Waals surface area contributed by atoms with Gasteiger partial charge in [-0.05, 0) is 17.7 Å². The molecule has 1 aromatic carbocycles. The standard InChI is InChI=1S/C16H14F3NO3/c17-16(18,19)12-6-7-13(20-9-12)8-14(21)15(22)23-10-11-4-2-1-3-5-11/h1-7,9,14,21H,8,10H2. The van der Waals surface area contributed by atoms with Crippen molar-refractivity contribution in [1.29, 1.82) is 0 Å². The number of carbonyl (C=O) groups excluding carboxylic acids is 1. The number of hydrogen-bond donors (Lipinski definition) is 1. The van der Waals surface area contributed by atoms with Gasteiger partial charge in [-0.2, -0.15) is 13.2 Å². The maximum absolute atomic E-state index is 12.4. The molecule has 0 aliphatic carbocycles. The Morgan fingerprint density at radius 3 is 2.43 bits per heavy atom. The molecule has 0 saturated heterocycles. The van der Waals surface area contributed by atoms with Gasteiger partial charge in [-0.3, -0.25) is 4.98 Å². The minimum atomic E-state index is -4.47. The Morgan fingerprint density at radius 2 is 1.87 bits per heavy atom. The summed E-state index contributed by atoms with van der Waals surface area (Å²) in [5, 5.41) is 9.74. The first kappa shape index (κ1) is 17.0. The van der Waals surface area contributed by atoms with Gasteiger partial charge in [-0.1, -0.05) is 30.3 Å². The predicted molar refractivity (Wildman–Crippen MR) is 75.2 cm³/mol. The van der Waals surface area contributed by atoms with E-state index in [-0.39, 0.29) is 18.7 Å². The van der Waals surface area contributed by atoms with E-state index in [0.29, 0.717) is 6.20 Å². The van der Waals surface area contributed by atoms with E-state index in [1.807, 2.05) is 6.07 Å². The van der Waals surface area contributed by atoms with Crippen LogP contribution in [0.15, 0.2) is 48.7 Å². The van der Waals surface area contributed by atoms with E-state index in [2.05, 4.69) is 4.98 Å². The molecule has 23 heavy (non-hydrogen) atoms. The molecule has 0 fully saturated rings. The Hall–Kier alpha value is -2.41. The molecule has 122 valence electrons. The number of benzene rings is 1. The molecule has 0 aliphatic heterocycles. The molecule has 2 aromatic rings. The number of carbonyl (C=O) groups is 1. The number of aliphatic hydroxyl groups excluding tert-OH is 1. The molecular formula is C16H14F3NO3. The largest absolute Gasteiger partial charge is 0.459 e. The predicted octanol–water partition coefficient (Wildman–Crippen LogP) is 2.75. The Labute approximate surface area is 130 Å². The molecule has 0 spiro atoms. The van der Waals surface area contributed by atoms with E-state index in [9.17, 15) is 23.1 Å². The van der Waals surface area contributed by atoms with Crippen LogP contribution in [0.4, 0.5) is 13.2 Å². The Morgan fingerprint density at radius 1 is 1.17 bits per heavy atom. The number of alkyl halides is 3. The molecule has 1 N–H and O–H groups in total. The fourth-order valence-electron chi connectivity index (χ4n) is 1.82. The maximum atomic E-state index is 12.4. The summed E-state index contributed by atoms with van der Waals surface area (Å²) in [5.74, 6) is -0.851. The summed E-state index contributed by atoms with van der Waals surface area (Å²) in [7, 11) is 0. The average molecular weight is 325 g/mol. The number of rotatable bonds is 5. The molecule has 2 rings (SSSR count). The van der Waals surface area contributed by atoms with Crippen molar-refractivity contribution in [1.82, 2.24) is 4.98 Å². The van der Waals surface area contributed by atoms with E-state index >= 15 is 0 Å². The molecular weight excluding hydrogens is 311 g/mol. The third-order valence-corrected chi connectivity index (χ3v) is 3.05. The maximum Gasteiger partial charge on any atom is 0.417 e. The lowest BCUT2D eigenvalue weighted by atomic mass is 10.1. The quantitative estimate of drug-likeness (QED) is 0.859. The third kappa shape index (κ3) is 5.07. The van der Waals surface area contributed by atoms with Crippen LogP contribution < -0.4 is 0 Å². The van der Waals surface area contributed by atoms with Crippen LogP contribution in [0.3, 0.4) is 0 Å². The van der Waals surface area contributed by atoms with Gasteiger partial charge in [0, 0.05) is 18.3 Å². The number of pyridine rings is 1. The molecule has 0 saturated carbocycles. The van der Waals surface area contributed by atoms with Crippen LogP contribution in [0.1, 0.15) is 16.8 Å². The van der Waals surface area contributed by atoms with Crippen LogP contribution in [-0.4, -0.2) is 22.2 Å². The second kappa shape index (κ2) is 7.23. The van der Waals surface area contributed by atoms with Crippen molar-refractivity contribution in [2.45, 2.75) is 25.3 Å². The SMILES string of the molecule is O=C(OCc1ccccc1)C(O)Cc1ccc(C(F)(F)F)cn1. The molecule has 0 aliphatic rings. The van der Waals surface area contributed by atoms with Crippen LogP contribution in [0, 0.1) is 0 Å². The smallest absolute Gasteiger partial charge is 0.417 e. The van der Waals surface area contributed by atoms with E-state index < -0.39 is 23.8 Å². The fraction of sp³-hybridized carbons (Fsp3) is 0.250. The van der Waals surface area contributed by atoms with Gasteiger partial charge in [-0.15, -0.1) is 0 Å². The monoisotopic (exact) mass is 325 g/mol. The van der Waals surface area contributed by atoms with Crippen LogP contribution in [0.2, 0.25) is 0 Å². The zero-order valence-corrected chi connectivity index (χ0v) is 12.0. The van der Waals surface area contributed by atoms with Crippen molar-refractivity contribution in [2.24, 2.45) is 0 Å². The molecule has 0 amide bonds. The lowest BCUT2D eigenvalue weighted by Gasteiger charge is -2.11. The van der Waals surface area contributed by atoms with E-state index in [1.165, 1.54) is 0 Å². The van der Waals surface area contributed by atoms with Crippen molar-refractivity contribution >= 4 is 5.97 Å². The lowest BCUT2D eigenvalue weighted by Crippen LogP contribution is -2.25. The van der Waals surface area contributed by atoms with Gasteiger partial charge < -0.3 is 9.84 Å². The van der Waals surface area contributed by atoms with Gasteiger partial charge in [0.1, 0.15) is 6.61 Å². The van der Waals surface area contributed by atoms with Gasteiger partial charge >= 0.3 is 12.1 Å². The van der Waals surface area contributed by atoms with Crippen LogP contribution in [0.5, 0.6) is 0 Å². The van der Waals surface area contributed by atoms with Gasteiger partial charge in [0.2, 0.25) is 0 Å². The first-order chi connectivity index (χ1) is 10.9. The van der Waals surface area contributed by atoms with Gasteiger partial charge in [0.25, 0.3) is 0 Å². The number of esters is 1. The summed E-state index contributed by atoms with van der Waals surface area (Å²) in [6.07, 6.45) is -5.51. The van der Waals surface area contributed by atoms with Crippen molar-refractivity contribution in [3.63, 3.8) is 0 Å². The Kier molecular flexibility index (Phi) is 5.33. The summed E-state index contributed by atoms with van der Waals surface area (Å²) in [6.45, 7) is 0.0111. The first-order valence-corrected chi connectivity index (χ1v) is 6.77. The van der Waals surface area contributed by atoms with Gasteiger partial charge in [0.05, 0.1) is 5.56 Å². The summed E-state index contributed by atoms with van der Waals surface area (Å²) in [4.78, 5) is 15.3. The van der Waals surface area contributed by atoms with Crippen molar-refractivity contribution in [3.05, 3.63) is 65.5 Å². The summed E-state index contributed by atoms with van der Waals surface area (Å²) in [6, 6.07) is 10.9. The second-order valence-corrected chi connectivity index (χ2v) is 4.85. The molecule has 1 aromatic heterocycles. The number of nitrogens with zero attached hydrogens (tertiary/aromatic N) is 1. The topological polar surface area (TPSA) is 59.4 Å². The van der Waals surface area contributed by atoms with Crippen LogP contribution in [-0.2, 0) is 28.7 Å². The van der Waals surface area contributed by atoms with Gasteiger partial charge in [0.15, 0.2) is 6.10 Å². The molecule has 4 nitrogen and oxygen atoms in total. The Balaban J connectivity index is 1.88. The zero-order valence-electron chi connectivity index (χ0n) is 12.0. The molecule has 1 atom stereocenters. The highest BCUT2D eigenvalue weighted by Gasteiger charge is 2.30. The summed E-state index contributed by atoms with van der Waals surface area (Å²) < 4.78 is 42.2. The summed E-state index contributed by atoms with van der Waals surface area (Å²) in [5.41, 5.74) is 0.0465. The minimum Gasteiger partial charge on any atom is -0.459 e. The highest BCUT2D eigenvalue weighted by Crippen LogP contribution is 2.28. The molecule has 1 unspecified atom stereocenters. The van der Waals surface area contributed by atoms with E-state index in [0.717, 1.165) is 17.7 Å². The zero-order chi connectivity index (χ0) is 16.9. The molecule has 0 bridgehead atoms. The molecule has 1 heterocycles. The van der Waals surface area contributed by atoms with Crippen molar-refractivity contribution in [3.8, 4) is 0 Å². The molecule has 7 heteroatoms. The average Bonchev–Trinajstić information content (AvgIpc) is 2.53. The van der Waals surface area contributed by atoms with Crippen molar-refractivity contribution < 1.29 is 27.8 Å². The van der Waals surface area contributed by atoms with Crippen molar-refractivity contribution in [2.75, 3.05) is 0 Å². The lowest BCUT2D eigenvalue weighted by molar-refractivity contribution is -0.154. The second-order valence-electron chi connectivity index (χ2n) is 4.85. The van der Waals surface area contributed by atoms with Crippen LogP contribution in [0.25, 0.3) is 0 Å². The third-order valence-electron chi connectivity index (χ3n) is 3.05. The Bertz CT molecular complexity index is 642. The highest BCUT2D eigenvalue weighted by molar-refractivity contribution is 5.74. The molecule has 0 radical (unpaired) electrons.